The minimum Gasteiger partial charge on any atom is -0.497 e. The molecule has 0 radical (unpaired) electrons. The van der Waals surface area contributed by atoms with Gasteiger partial charge in [-0.1, -0.05) is 12.1 Å². The molecule has 0 aliphatic carbocycles. The molecule has 5 nitrogen and oxygen atoms in total. The molecule has 7 heteroatoms. The number of hydrogen-bond acceptors (Lipinski definition) is 5. The molecule has 3 rings (SSSR count). The van der Waals surface area contributed by atoms with Crippen LogP contribution in [0.3, 0.4) is 0 Å². The molecule has 0 spiro atoms. The second kappa shape index (κ2) is 8.44. The SMILES string of the molecule is COc1ccc(-c2nc(CCC(=O)c3ccccc3OC(F)F)co2)cc1. The van der Waals surface area contributed by atoms with Gasteiger partial charge in [0, 0.05) is 18.4 Å². The van der Waals surface area contributed by atoms with Crippen molar-refractivity contribution in [3.8, 4) is 23.0 Å². The number of ketones is 1. The first kappa shape index (κ1) is 18.6. The maximum absolute atomic E-state index is 12.5. The lowest BCUT2D eigenvalue weighted by Crippen LogP contribution is -2.08. The highest BCUT2D eigenvalue weighted by atomic mass is 19.3. The lowest BCUT2D eigenvalue weighted by molar-refractivity contribution is -0.0501. The van der Waals surface area contributed by atoms with Crippen molar-refractivity contribution in [2.24, 2.45) is 0 Å². The smallest absolute Gasteiger partial charge is 0.387 e. The van der Waals surface area contributed by atoms with Crippen LogP contribution in [0.5, 0.6) is 11.5 Å². The van der Waals surface area contributed by atoms with Gasteiger partial charge in [-0.2, -0.15) is 8.78 Å². The first-order chi connectivity index (χ1) is 13.1. The standard InChI is InChI=1S/C20H17F2NO4/c1-25-15-9-6-13(7-10-15)19-23-14(12-26-19)8-11-17(24)16-4-2-3-5-18(16)27-20(21)22/h2-7,9-10,12,20H,8,11H2,1H3. The largest absolute Gasteiger partial charge is 0.497 e. The lowest BCUT2D eigenvalue weighted by Gasteiger charge is -2.09. The van der Waals surface area contributed by atoms with E-state index in [1.165, 1.54) is 24.5 Å². The Hall–Kier alpha value is -3.22. The minimum absolute atomic E-state index is 0.0954. The summed E-state index contributed by atoms with van der Waals surface area (Å²) in [5, 5.41) is 0. The Morgan fingerprint density at radius 2 is 1.89 bits per heavy atom. The van der Waals surface area contributed by atoms with Gasteiger partial charge in [-0.3, -0.25) is 4.79 Å². The number of carbonyl (C=O) groups is 1. The van der Waals surface area contributed by atoms with E-state index >= 15 is 0 Å². The van der Waals surface area contributed by atoms with Crippen LogP contribution in [0, 0.1) is 0 Å². The lowest BCUT2D eigenvalue weighted by atomic mass is 10.0. The van der Waals surface area contributed by atoms with Crippen molar-refractivity contribution < 1.29 is 27.5 Å². The molecule has 27 heavy (non-hydrogen) atoms. The first-order valence-corrected chi connectivity index (χ1v) is 8.22. The van der Waals surface area contributed by atoms with Crippen LogP contribution in [0.4, 0.5) is 8.78 Å². The summed E-state index contributed by atoms with van der Waals surface area (Å²) in [6.07, 6.45) is 1.90. The van der Waals surface area contributed by atoms with Gasteiger partial charge in [0.25, 0.3) is 0 Å². The fourth-order valence-electron chi connectivity index (χ4n) is 2.56. The number of hydrogen-bond donors (Lipinski definition) is 0. The minimum atomic E-state index is -2.98. The molecule has 0 saturated carbocycles. The van der Waals surface area contributed by atoms with Crippen LogP contribution < -0.4 is 9.47 Å². The molecular weight excluding hydrogens is 356 g/mol. The molecule has 0 bridgehead atoms. The van der Waals surface area contributed by atoms with Gasteiger partial charge in [0.15, 0.2) is 5.78 Å². The first-order valence-electron chi connectivity index (χ1n) is 8.22. The van der Waals surface area contributed by atoms with E-state index in [1.54, 1.807) is 25.3 Å². The van der Waals surface area contributed by atoms with Gasteiger partial charge >= 0.3 is 6.61 Å². The average molecular weight is 373 g/mol. The fraction of sp³-hybridized carbons (Fsp3) is 0.200. The zero-order valence-corrected chi connectivity index (χ0v) is 14.5. The van der Waals surface area contributed by atoms with Gasteiger partial charge < -0.3 is 13.9 Å². The highest BCUT2D eigenvalue weighted by molar-refractivity contribution is 5.98. The molecule has 1 heterocycles. The van der Waals surface area contributed by atoms with Crippen LogP contribution in [0.1, 0.15) is 22.5 Å². The summed E-state index contributed by atoms with van der Waals surface area (Å²) in [7, 11) is 1.58. The predicted molar refractivity (Wildman–Crippen MR) is 94.2 cm³/mol. The van der Waals surface area contributed by atoms with Gasteiger partial charge in [0.1, 0.15) is 17.8 Å². The second-order valence-electron chi connectivity index (χ2n) is 5.67. The van der Waals surface area contributed by atoms with Crippen molar-refractivity contribution in [3.63, 3.8) is 0 Å². The van der Waals surface area contributed by atoms with E-state index < -0.39 is 6.61 Å². The number of Topliss-reactive ketones (excluding diaryl/α,β-unsaturated/α-hetero) is 1. The normalized spacial score (nSPS) is 10.8. The van der Waals surface area contributed by atoms with Crippen LogP contribution in [0.15, 0.2) is 59.2 Å². The summed E-state index contributed by atoms with van der Waals surface area (Å²) in [5.74, 6) is 0.721. The number of aryl methyl sites for hydroxylation is 1. The van der Waals surface area contributed by atoms with E-state index in [0.29, 0.717) is 18.0 Å². The van der Waals surface area contributed by atoms with Crippen molar-refractivity contribution in [3.05, 3.63) is 66.1 Å². The Morgan fingerprint density at radius 3 is 2.59 bits per heavy atom. The molecule has 2 aromatic carbocycles. The Bertz CT molecular complexity index is 906. The van der Waals surface area contributed by atoms with Gasteiger partial charge in [-0.15, -0.1) is 0 Å². The van der Waals surface area contributed by atoms with Crippen LogP contribution in [0.2, 0.25) is 0 Å². The van der Waals surface area contributed by atoms with Crippen LogP contribution in [-0.4, -0.2) is 24.5 Å². The molecule has 0 fully saturated rings. The van der Waals surface area contributed by atoms with E-state index in [1.807, 2.05) is 12.1 Å². The quantitative estimate of drug-likeness (QED) is 0.533. The van der Waals surface area contributed by atoms with Crippen molar-refractivity contribution in [2.45, 2.75) is 19.5 Å². The molecular formula is C20H17F2NO4. The Morgan fingerprint density at radius 1 is 1.15 bits per heavy atom. The van der Waals surface area contributed by atoms with Crippen LogP contribution in [-0.2, 0) is 6.42 Å². The molecule has 0 N–H and O–H groups in total. The summed E-state index contributed by atoms with van der Waals surface area (Å²) in [5.41, 5.74) is 1.50. The number of aromatic nitrogens is 1. The average Bonchev–Trinajstić information content (AvgIpc) is 3.15. The summed E-state index contributed by atoms with van der Waals surface area (Å²) in [4.78, 5) is 16.7. The van der Waals surface area contributed by atoms with E-state index in [4.69, 9.17) is 9.15 Å². The number of methoxy groups -OCH3 is 1. The number of oxazole rings is 1. The van der Waals surface area contributed by atoms with Crippen LogP contribution in [0.25, 0.3) is 11.5 Å². The molecule has 0 aliphatic heterocycles. The van der Waals surface area contributed by atoms with Gasteiger partial charge in [0.05, 0.1) is 18.4 Å². The predicted octanol–water partition coefficient (Wildman–Crippen LogP) is 4.77. The highest BCUT2D eigenvalue weighted by Gasteiger charge is 2.16. The number of ether oxygens (including phenoxy) is 2. The number of halogens is 2. The zero-order valence-electron chi connectivity index (χ0n) is 14.5. The zero-order chi connectivity index (χ0) is 19.2. The highest BCUT2D eigenvalue weighted by Crippen LogP contribution is 2.24. The Labute approximate surface area is 154 Å². The summed E-state index contributed by atoms with van der Waals surface area (Å²) in [6, 6.07) is 13.2. The number of alkyl halides is 2. The molecule has 0 atom stereocenters. The molecule has 0 aliphatic rings. The third kappa shape index (κ3) is 4.69. The molecule has 3 aromatic rings. The maximum atomic E-state index is 12.5. The number of para-hydroxylation sites is 1. The van der Waals surface area contributed by atoms with Gasteiger partial charge in [0.2, 0.25) is 5.89 Å². The third-order valence-electron chi connectivity index (χ3n) is 3.90. The molecule has 0 amide bonds. The fourth-order valence-corrected chi connectivity index (χ4v) is 2.56. The number of carbonyl (C=O) groups excluding carboxylic acids is 1. The van der Waals surface area contributed by atoms with Crippen molar-refractivity contribution >= 4 is 5.78 Å². The van der Waals surface area contributed by atoms with E-state index in [9.17, 15) is 13.6 Å². The van der Waals surface area contributed by atoms with Crippen LogP contribution >= 0.6 is 0 Å². The molecule has 1 aromatic heterocycles. The molecule has 140 valence electrons. The number of rotatable bonds is 8. The summed E-state index contributed by atoms with van der Waals surface area (Å²) < 4.78 is 39.9. The molecule has 0 unspecified atom stereocenters. The molecule has 0 saturated heterocycles. The van der Waals surface area contributed by atoms with E-state index in [0.717, 1.165) is 11.3 Å². The van der Waals surface area contributed by atoms with E-state index in [2.05, 4.69) is 9.72 Å². The van der Waals surface area contributed by atoms with Crippen molar-refractivity contribution in [1.82, 2.24) is 4.98 Å². The van der Waals surface area contributed by atoms with E-state index in [-0.39, 0.29) is 23.5 Å². The number of nitrogens with zero attached hydrogens (tertiary/aromatic N) is 1. The van der Waals surface area contributed by atoms with Crippen molar-refractivity contribution in [1.29, 1.82) is 0 Å². The number of benzene rings is 2. The third-order valence-corrected chi connectivity index (χ3v) is 3.90. The summed E-state index contributed by atoms with van der Waals surface area (Å²) >= 11 is 0. The second-order valence-corrected chi connectivity index (χ2v) is 5.67. The Kier molecular flexibility index (Phi) is 5.80. The van der Waals surface area contributed by atoms with Gasteiger partial charge in [-0.05, 0) is 36.4 Å². The monoisotopic (exact) mass is 373 g/mol. The van der Waals surface area contributed by atoms with Crippen molar-refractivity contribution in [2.75, 3.05) is 7.11 Å². The van der Waals surface area contributed by atoms with Gasteiger partial charge in [-0.25, -0.2) is 4.98 Å². The Balaban J connectivity index is 1.65. The topological polar surface area (TPSA) is 61.6 Å². The summed E-state index contributed by atoms with van der Waals surface area (Å²) in [6.45, 7) is -2.98. The maximum Gasteiger partial charge on any atom is 0.387 e.